The van der Waals surface area contributed by atoms with E-state index in [-0.39, 0.29) is 20.7 Å². The van der Waals surface area contributed by atoms with Crippen molar-refractivity contribution in [1.82, 2.24) is 0 Å². The third-order valence-electron chi connectivity index (χ3n) is 2.04. The molecule has 0 aliphatic rings. The Morgan fingerprint density at radius 1 is 1.44 bits per heavy atom. The van der Waals surface area contributed by atoms with Crippen molar-refractivity contribution in [2.75, 3.05) is 25.2 Å². The van der Waals surface area contributed by atoms with Gasteiger partial charge in [-0.2, -0.15) is 13.2 Å². The summed E-state index contributed by atoms with van der Waals surface area (Å²) in [6.07, 6.45) is -4.43. The molecule has 0 unspecified atom stereocenters. The van der Waals surface area contributed by atoms with Gasteiger partial charge in [-0.1, -0.05) is 0 Å². The van der Waals surface area contributed by atoms with Gasteiger partial charge in [0.05, 0.1) is 27.6 Å². The molecule has 0 amide bonds. The second-order valence-corrected chi connectivity index (χ2v) is 4.06. The number of ether oxygens (including phenoxy) is 1. The van der Waals surface area contributed by atoms with Crippen LogP contribution in [0.25, 0.3) is 0 Å². The standard InChI is InChI=1S/C9H10F3IN2O/c1-15-5-3-4(9(10,11)12)6(13)8(16-2)7(5)14/h3,15H,14H2,1-2H3. The van der Waals surface area contributed by atoms with Crippen LogP contribution in [-0.2, 0) is 6.18 Å². The molecule has 0 fully saturated rings. The van der Waals surface area contributed by atoms with Gasteiger partial charge in [-0.05, 0) is 28.7 Å². The molecule has 0 aliphatic heterocycles. The van der Waals surface area contributed by atoms with E-state index in [2.05, 4.69) is 5.32 Å². The van der Waals surface area contributed by atoms with Crippen molar-refractivity contribution in [3.8, 4) is 5.75 Å². The van der Waals surface area contributed by atoms with Crippen LogP contribution in [0, 0.1) is 3.57 Å². The maximum Gasteiger partial charge on any atom is 0.417 e. The molecule has 16 heavy (non-hydrogen) atoms. The molecule has 0 aliphatic carbocycles. The third-order valence-corrected chi connectivity index (χ3v) is 3.11. The Labute approximate surface area is 104 Å². The molecule has 1 aromatic carbocycles. The lowest BCUT2D eigenvalue weighted by molar-refractivity contribution is -0.138. The zero-order valence-corrected chi connectivity index (χ0v) is 10.7. The fourth-order valence-electron chi connectivity index (χ4n) is 1.26. The van der Waals surface area contributed by atoms with E-state index < -0.39 is 11.7 Å². The Bertz CT molecular complexity index is 407. The number of nitrogen functional groups attached to an aromatic ring is 1. The van der Waals surface area contributed by atoms with Crippen LogP contribution in [-0.4, -0.2) is 14.2 Å². The second-order valence-electron chi connectivity index (χ2n) is 2.98. The first-order valence-electron chi connectivity index (χ1n) is 4.23. The summed E-state index contributed by atoms with van der Waals surface area (Å²) in [5.74, 6) is 0.0415. The lowest BCUT2D eigenvalue weighted by Gasteiger charge is -2.17. The molecule has 0 heterocycles. The van der Waals surface area contributed by atoms with E-state index in [1.54, 1.807) is 22.6 Å². The molecule has 3 nitrogen and oxygen atoms in total. The summed E-state index contributed by atoms with van der Waals surface area (Å²) in [5, 5.41) is 2.60. The number of hydrogen-bond donors (Lipinski definition) is 2. The molecule has 0 bridgehead atoms. The zero-order chi connectivity index (χ0) is 12.5. The number of anilines is 2. The van der Waals surface area contributed by atoms with Gasteiger partial charge in [0.2, 0.25) is 0 Å². The van der Waals surface area contributed by atoms with E-state index in [9.17, 15) is 13.2 Å². The van der Waals surface area contributed by atoms with E-state index >= 15 is 0 Å². The van der Waals surface area contributed by atoms with E-state index in [0.29, 0.717) is 0 Å². The molecule has 3 N–H and O–H groups in total. The van der Waals surface area contributed by atoms with Crippen LogP contribution in [0.4, 0.5) is 24.5 Å². The maximum absolute atomic E-state index is 12.7. The molecule has 0 spiro atoms. The highest BCUT2D eigenvalue weighted by molar-refractivity contribution is 14.1. The Kier molecular flexibility index (Phi) is 3.76. The quantitative estimate of drug-likeness (QED) is 0.640. The average molecular weight is 346 g/mol. The number of hydrogen-bond acceptors (Lipinski definition) is 3. The van der Waals surface area contributed by atoms with Crippen molar-refractivity contribution in [2.24, 2.45) is 0 Å². The summed E-state index contributed by atoms with van der Waals surface area (Å²) in [5.41, 5.74) is 5.26. The highest BCUT2D eigenvalue weighted by Crippen LogP contribution is 2.43. The van der Waals surface area contributed by atoms with Gasteiger partial charge in [-0.15, -0.1) is 0 Å². The predicted molar refractivity (Wildman–Crippen MR) is 64.7 cm³/mol. The van der Waals surface area contributed by atoms with Gasteiger partial charge < -0.3 is 15.8 Å². The number of methoxy groups -OCH3 is 1. The average Bonchev–Trinajstić information content (AvgIpc) is 2.17. The highest BCUT2D eigenvalue weighted by Gasteiger charge is 2.35. The van der Waals surface area contributed by atoms with Gasteiger partial charge in [-0.25, -0.2) is 0 Å². The van der Waals surface area contributed by atoms with Crippen molar-refractivity contribution in [1.29, 1.82) is 0 Å². The van der Waals surface area contributed by atoms with Crippen molar-refractivity contribution < 1.29 is 17.9 Å². The lowest BCUT2D eigenvalue weighted by atomic mass is 10.1. The van der Waals surface area contributed by atoms with E-state index in [4.69, 9.17) is 10.5 Å². The van der Waals surface area contributed by atoms with Gasteiger partial charge in [-0.3, -0.25) is 0 Å². The second kappa shape index (κ2) is 4.56. The smallest absolute Gasteiger partial charge is 0.417 e. The molecular weight excluding hydrogens is 336 g/mol. The molecule has 0 saturated heterocycles. The Morgan fingerprint density at radius 3 is 2.38 bits per heavy atom. The normalized spacial score (nSPS) is 11.4. The Morgan fingerprint density at radius 2 is 2.00 bits per heavy atom. The van der Waals surface area contributed by atoms with Gasteiger partial charge in [0, 0.05) is 7.05 Å². The summed E-state index contributed by atoms with van der Waals surface area (Å²) in [6, 6.07) is 0.972. The van der Waals surface area contributed by atoms with Gasteiger partial charge in [0.1, 0.15) is 0 Å². The molecule has 90 valence electrons. The highest BCUT2D eigenvalue weighted by atomic mass is 127. The summed E-state index contributed by atoms with van der Waals surface area (Å²) in [4.78, 5) is 0. The minimum atomic E-state index is -4.43. The number of benzene rings is 1. The fourth-order valence-corrected chi connectivity index (χ4v) is 2.23. The first-order chi connectivity index (χ1) is 7.32. The number of nitrogens with one attached hydrogen (secondary N) is 1. The van der Waals surface area contributed by atoms with Crippen molar-refractivity contribution in [3.05, 3.63) is 15.2 Å². The van der Waals surface area contributed by atoms with E-state index in [1.807, 2.05) is 0 Å². The van der Waals surface area contributed by atoms with Crippen LogP contribution in [0.15, 0.2) is 6.07 Å². The van der Waals surface area contributed by atoms with Crippen LogP contribution >= 0.6 is 22.6 Å². The summed E-state index contributed by atoms with van der Waals surface area (Å²) < 4.78 is 42.9. The molecule has 0 radical (unpaired) electrons. The minimum Gasteiger partial charge on any atom is -0.493 e. The van der Waals surface area contributed by atoms with Gasteiger partial charge in [0.25, 0.3) is 0 Å². The lowest BCUT2D eigenvalue weighted by Crippen LogP contribution is -2.11. The van der Waals surface area contributed by atoms with Crippen molar-refractivity contribution in [2.45, 2.75) is 6.18 Å². The summed E-state index contributed by atoms with van der Waals surface area (Å²) in [6.45, 7) is 0. The van der Waals surface area contributed by atoms with Crippen molar-refractivity contribution >= 4 is 34.0 Å². The summed E-state index contributed by atoms with van der Waals surface area (Å²) in [7, 11) is 2.78. The molecule has 1 rings (SSSR count). The molecule has 1 aromatic rings. The molecule has 0 aromatic heterocycles. The predicted octanol–water partition coefficient (Wildman–Crippen LogP) is 2.94. The van der Waals surface area contributed by atoms with Crippen LogP contribution in [0.5, 0.6) is 5.75 Å². The SMILES string of the molecule is CNc1cc(C(F)(F)F)c(I)c(OC)c1N. The minimum absolute atomic E-state index is 0.0379. The van der Waals surface area contributed by atoms with Crippen LogP contribution in [0.2, 0.25) is 0 Å². The molecule has 7 heteroatoms. The first-order valence-corrected chi connectivity index (χ1v) is 5.31. The van der Waals surface area contributed by atoms with Crippen LogP contribution in [0.1, 0.15) is 5.56 Å². The third kappa shape index (κ3) is 2.28. The number of rotatable bonds is 2. The Hall–Kier alpha value is -0.860. The summed E-state index contributed by atoms with van der Waals surface area (Å²) >= 11 is 1.57. The zero-order valence-electron chi connectivity index (χ0n) is 8.57. The fraction of sp³-hybridized carbons (Fsp3) is 0.333. The van der Waals surface area contributed by atoms with Gasteiger partial charge in [0.15, 0.2) is 5.75 Å². The topological polar surface area (TPSA) is 47.3 Å². The maximum atomic E-state index is 12.7. The van der Waals surface area contributed by atoms with Crippen LogP contribution in [0.3, 0.4) is 0 Å². The number of nitrogens with two attached hydrogens (primary N) is 1. The van der Waals surface area contributed by atoms with E-state index in [0.717, 1.165) is 6.07 Å². The first kappa shape index (κ1) is 13.2. The monoisotopic (exact) mass is 346 g/mol. The molecule has 0 saturated carbocycles. The Balaban J connectivity index is 3.53. The van der Waals surface area contributed by atoms with Crippen LogP contribution < -0.4 is 15.8 Å². The number of halogens is 4. The molecular formula is C9H10F3IN2O. The van der Waals surface area contributed by atoms with Gasteiger partial charge >= 0.3 is 6.18 Å². The number of alkyl halides is 3. The largest absolute Gasteiger partial charge is 0.493 e. The van der Waals surface area contributed by atoms with Crippen molar-refractivity contribution in [3.63, 3.8) is 0 Å². The molecule has 0 atom stereocenters. The van der Waals surface area contributed by atoms with E-state index in [1.165, 1.54) is 14.2 Å².